The molecule has 4 N–H and O–H groups in total. The van der Waals surface area contributed by atoms with Gasteiger partial charge in [0, 0.05) is 6.42 Å². The Bertz CT molecular complexity index is 944. The predicted molar refractivity (Wildman–Crippen MR) is 97.2 cm³/mol. The van der Waals surface area contributed by atoms with E-state index in [4.69, 9.17) is 10.5 Å². The number of benzene rings is 1. The summed E-state index contributed by atoms with van der Waals surface area (Å²) in [5, 5.41) is 4.54. The van der Waals surface area contributed by atoms with Gasteiger partial charge in [-0.05, 0) is 18.6 Å². The average molecular weight is 418 g/mol. The number of ether oxygens (including phenoxy) is 2. The Morgan fingerprint density at radius 1 is 1.20 bits per heavy atom. The van der Waals surface area contributed by atoms with Crippen molar-refractivity contribution in [3.05, 3.63) is 29.3 Å². The number of carbonyl (C=O) groups is 6. The molecule has 30 heavy (non-hydrogen) atoms. The molecule has 1 unspecified atom stereocenters. The van der Waals surface area contributed by atoms with E-state index in [1.54, 1.807) is 0 Å². The Morgan fingerprint density at radius 3 is 2.67 bits per heavy atom. The van der Waals surface area contributed by atoms with Gasteiger partial charge in [-0.2, -0.15) is 0 Å². The molecule has 2 aliphatic rings. The third kappa shape index (κ3) is 4.21. The monoisotopic (exact) mass is 418 g/mol. The number of nitrogens with one attached hydrogen (secondary N) is 2. The molecule has 12 heteroatoms. The van der Waals surface area contributed by atoms with Crippen LogP contribution in [0.3, 0.4) is 0 Å². The van der Waals surface area contributed by atoms with Crippen LogP contribution in [0.2, 0.25) is 0 Å². The third-order valence-electron chi connectivity index (χ3n) is 4.46. The van der Waals surface area contributed by atoms with Gasteiger partial charge in [0.05, 0.1) is 17.7 Å². The zero-order valence-corrected chi connectivity index (χ0v) is 15.6. The molecule has 1 aromatic carbocycles. The van der Waals surface area contributed by atoms with Crippen molar-refractivity contribution in [3.8, 4) is 5.75 Å². The molecule has 1 atom stereocenters. The van der Waals surface area contributed by atoms with Crippen LogP contribution in [0, 0.1) is 0 Å². The molecule has 0 aromatic heterocycles. The topological polar surface area (TPSA) is 174 Å². The summed E-state index contributed by atoms with van der Waals surface area (Å²) in [4.78, 5) is 72.1. The fourth-order valence-electron chi connectivity index (χ4n) is 3.14. The molecule has 1 saturated heterocycles. The van der Waals surface area contributed by atoms with Crippen LogP contribution < -0.4 is 21.1 Å². The molecule has 1 aromatic rings. The summed E-state index contributed by atoms with van der Waals surface area (Å²) in [5.41, 5.74) is 4.78. The van der Waals surface area contributed by atoms with E-state index in [2.05, 4.69) is 15.4 Å². The normalized spacial score (nSPS) is 18.0. The van der Waals surface area contributed by atoms with Crippen molar-refractivity contribution in [2.45, 2.75) is 18.9 Å². The predicted octanol–water partition coefficient (Wildman–Crippen LogP) is -1.32. The van der Waals surface area contributed by atoms with Crippen molar-refractivity contribution in [2.75, 3.05) is 19.8 Å². The molecular weight excluding hydrogens is 400 g/mol. The molecule has 6 amide bonds. The maximum atomic E-state index is 12.9. The minimum atomic E-state index is -1.10. The van der Waals surface area contributed by atoms with Gasteiger partial charge in [0.25, 0.3) is 17.7 Å². The van der Waals surface area contributed by atoms with Crippen LogP contribution in [0.1, 0.15) is 33.6 Å². The van der Waals surface area contributed by atoms with Crippen LogP contribution in [0.15, 0.2) is 18.2 Å². The van der Waals surface area contributed by atoms with Crippen LogP contribution in [0.4, 0.5) is 4.79 Å². The van der Waals surface area contributed by atoms with Crippen molar-refractivity contribution in [1.29, 1.82) is 0 Å². The zero-order valence-electron chi connectivity index (χ0n) is 15.6. The van der Waals surface area contributed by atoms with Gasteiger partial charge >= 0.3 is 6.09 Å². The summed E-state index contributed by atoms with van der Waals surface area (Å²) in [6.07, 6.45) is -0.932. The first-order valence-corrected chi connectivity index (χ1v) is 8.96. The second kappa shape index (κ2) is 8.59. The first kappa shape index (κ1) is 20.8. The maximum absolute atomic E-state index is 12.9. The Balaban J connectivity index is 1.68. The lowest BCUT2D eigenvalue weighted by Gasteiger charge is -2.27. The van der Waals surface area contributed by atoms with Crippen LogP contribution in [-0.4, -0.2) is 66.3 Å². The smallest absolute Gasteiger partial charge is 0.404 e. The number of nitrogens with two attached hydrogens (primary N) is 1. The van der Waals surface area contributed by atoms with Gasteiger partial charge < -0.3 is 20.5 Å². The molecule has 0 aliphatic carbocycles. The Kier molecular flexibility index (Phi) is 5.95. The fourth-order valence-corrected chi connectivity index (χ4v) is 3.14. The Morgan fingerprint density at radius 2 is 1.97 bits per heavy atom. The van der Waals surface area contributed by atoms with E-state index in [9.17, 15) is 28.8 Å². The lowest BCUT2D eigenvalue weighted by atomic mass is 10.0. The summed E-state index contributed by atoms with van der Waals surface area (Å²) >= 11 is 0. The summed E-state index contributed by atoms with van der Waals surface area (Å²) in [6, 6.07) is 3.21. The molecule has 2 heterocycles. The summed E-state index contributed by atoms with van der Waals surface area (Å²) in [7, 11) is 0. The highest BCUT2D eigenvalue weighted by atomic mass is 16.5. The molecule has 0 saturated carbocycles. The summed E-state index contributed by atoms with van der Waals surface area (Å²) < 4.78 is 9.86. The number of imide groups is 2. The highest BCUT2D eigenvalue weighted by Gasteiger charge is 2.46. The molecule has 0 radical (unpaired) electrons. The summed E-state index contributed by atoms with van der Waals surface area (Å²) in [5.74, 6) is -3.16. The molecule has 3 rings (SSSR count). The van der Waals surface area contributed by atoms with Gasteiger partial charge in [0.15, 0.2) is 6.61 Å². The van der Waals surface area contributed by atoms with Crippen molar-refractivity contribution in [2.24, 2.45) is 5.73 Å². The first-order valence-electron chi connectivity index (χ1n) is 8.96. The highest BCUT2D eigenvalue weighted by molar-refractivity contribution is 6.24. The van der Waals surface area contributed by atoms with E-state index in [0.29, 0.717) is 0 Å². The van der Waals surface area contributed by atoms with Crippen molar-refractivity contribution in [1.82, 2.24) is 15.5 Å². The minimum Gasteiger partial charge on any atom is -0.483 e. The zero-order chi connectivity index (χ0) is 21.8. The Labute approximate surface area is 169 Å². The number of rotatable bonds is 7. The second-order valence-electron chi connectivity index (χ2n) is 6.43. The Hall–Kier alpha value is -3.96. The number of hydrogen-bond donors (Lipinski definition) is 3. The van der Waals surface area contributed by atoms with Gasteiger partial charge in [-0.3, -0.25) is 34.2 Å². The van der Waals surface area contributed by atoms with Crippen LogP contribution in [0.5, 0.6) is 5.75 Å². The largest absolute Gasteiger partial charge is 0.483 e. The molecule has 158 valence electrons. The van der Waals surface area contributed by atoms with E-state index in [0.717, 1.165) is 4.90 Å². The van der Waals surface area contributed by atoms with Crippen molar-refractivity contribution in [3.63, 3.8) is 0 Å². The van der Waals surface area contributed by atoms with E-state index >= 15 is 0 Å². The van der Waals surface area contributed by atoms with Gasteiger partial charge in [-0.25, -0.2) is 4.79 Å². The fraction of sp³-hybridized carbons (Fsp3) is 0.333. The lowest BCUT2D eigenvalue weighted by Crippen LogP contribution is -2.54. The van der Waals surface area contributed by atoms with E-state index in [-0.39, 0.29) is 42.9 Å². The summed E-state index contributed by atoms with van der Waals surface area (Å²) in [6.45, 7) is -0.568. The number of carbonyl (C=O) groups excluding carboxylic acids is 6. The average Bonchev–Trinajstić information content (AvgIpc) is 2.95. The van der Waals surface area contributed by atoms with Gasteiger partial charge in [0.1, 0.15) is 18.4 Å². The number of nitrogens with zero attached hydrogens (tertiary/aromatic N) is 1. The number of fused-ring (bicyclic) bond motifs is 1. The van der Waals surface area contributed by atoms with Crippen LogP contribution in [0.25, 0.3) is 0 Å². The van der Waals surface area contributed by atoms with Crippen LogP contribution >= 0.6 is 0 Å². The quantitative estimate of drug-likeness (QED) is 0.361. The first-order chi connectivity index (χ1) is 14.3. The lowest BCUT2D eigenvalue weighted by molar-refractivity contribution is -0.136. The standard InChI is InChI=1S/C18H18N4O8/c19-18(28)29-7-6-20-13(24)8-30-11-3-1-2-9-14(11)17(27)22(16(9)26)10-4-5-12(23)21-15(10)25/h1-3,10H,4-8H2,(H2,19,28)(H,20,24)(H,21,23,25). The molecule has 2 aliphatic heterocycles. The molecule has 0 spiro atoms. The second-order valence-corrected chi connectivity index (χ2v) is 6.43. The third-order valence-corrected chi connectivity index (χ3v) is 4.46. The van der Waals surface area contributed by atoms with E-state index < -0.39 is 48.3 Å². The number of primary amides is 1. The highest BCUT2D eigenvalue weighted by Crippen LogP contribution is 2.33. The number of amides is 6. The SMILES string of the molecule is NC(=O)OCCNC(=O)COc1cccc2c1C(=O)N(C1CCC(=O)NC1=O)C2=O. The van der Waals surface area contributed by atoms with E-state index in [1.807, 2.05) is 0 Å². The van der Waals surface area contributed by atoms with Gasteiger partial charge in [0.2, 0.25) is 11.8 Å². The number of hydrogen-bond acceptors (Lipinski definition) is 8. The molecular formula is C18H18N4O8. The van der Waals surface area contributed by atoms with Gasteiger partial charge in [-0.1, -0.05) is 6.07 Å². The van der Waals surface area contributed by atoms with Crippen molar-refractivity contribution >= 4 is 35.6 Å². The maximum Gasteiger partial charge on any atom is 0.404 e. The molecule has 12 nitrogen and oxygen atoms in total. The molecule has 0 bridgehead atoms. The van der Waals surface area contributed by atoms with Gasteiger partial charge in [-0.15, -0.1) is 0 Å². The minimum absolute atomic E-state index is 0.00387. The van der Waals surface area contributed by atoms with Crippen LogP contribution in [-0.2, 0) is 19.1 Å². The van der Waals surface area contributed by atoms with Crippen molar-refractivity contribution < 1.29 is 38.2 Å². The molecule has 1 fully saturated rings. The van der Waals surface area contributed by atoms with E-state index in [1.165, 1.54) is 18.2 Å². The number of piperidine rings is 1.